The Labute approximate surface area is 182 Å². The Balaban J connectivity index is 2.00. The van der Waals surface area contributed by atoms with Gasteiger partial charge in [-0.1, -0.05) is 12.1 Å². The summed E-state index contributed by atoms with van der Waals surface area (Å²) in [5.74, 6) is -1.43. The number of ether oxygens (including phenoxy) is 1. The highest BCUT2D eigenvalue weighted by Gasteiger charge is 2.21. The highest BCUT2D eigenvalue weighted by atomic mass is 32.1. The number of phosphoric acid groups is 1. The van der Waals surface area contributed by atoms with E-state index >= 15 is 0 Å². The van der Waals surface area contributed by atoms with E-state index in [9.17, 15) is 18.9 Å². The van der Waals surface area contributed by atoms with Crippen LogP contribution in [-0.4, -0.2) is 45.2 Å². The Hall–Kier alpha value is -2.79. The first-order valence-electron chi connectivity index (χ1n) is 9.07. The first-order chi connectivity index (χ1) is 14.6. The van der Waals surface area contributed by atoms with Gasteiger partial charge < -0.3 is 19.9 Å². The molecule has 0 aliphatic rings. The van der Waals surface area contributed by atoms with Gasteiger partial charge in [0.05, 0.1) is 13.2 Å². The minimum Gasteiger partial charge on any atom is -0.461 e. The zero-order valence-electron chi connectivity index (χ0n) is 16.7. The van der Waals surface area contributed by atoms with Crippen molar-refractivity contribution < 1.29 is 38.0 Å². The molecule has 0 spiro atoms. The van der Waals surface area contributed by atoms with Gasteiger partial charge in [-0.3, -0.25) is 19.4 Å². The van der Waals surface area contributed by atoms with Crippen LogP contribution < -0.4 is 15.2 Å². The fourth-order valence-electron chi connectivity index (χ4n) is 2.49. The van der Waals surface area contributed by atoms with Gasteiger partial charge in [-0.15, -0.1) is 11.3 Å². The van der Waals surface area contributed by atoms with Crippen molar-refractivity contribution in [3.05, 3.63) is 45.9 Å². The maximum atomic E-state index is 12.6. The van der Waals surface area contributed by atoms with Crippen LogP contribution in [0, 0.1) is 0 Å². The van der Waals surface area contributed by atoms with E-state index in [4.69, 9.17) is 14.5 Å². The summed E-state index contributed by atoms with van der Waals surface area (Å²) in [5.41, 5.74) is 0.790. The molecule has 0 bridgehead atoms. The third-order valence-electron chi connectivity index (χ3n) is 3.73. The lowest BCUT2D eigenvalue weighted by Crippen LogP contribution is -2.47. The van der Waals surface area contributed by atoms with Gasteiger partial charge in [0, 0.05) is 18.7 Å². The molecule has 0 fully saturated rings. The third-order valence-corrected chi connectivity index (χ3v) is 5.03. The molecule has 2 amide bonds. The van der Waals surface area contributed by atoms with Gasteiger partial charge in [-0.2, -0.15) is 0 Å². The van der Waals surface area contributed by atoms with Crippen LogP contribution in [0.3, 0.4) is 0 Å². The number of esters is 1. The van der Waals surface area contributed by atoms with Gasteiger partial charge in [0.15, 0.2) is 5.69 Å². The first-order valence-corrected chi connectivity index (χ1v) is 11.5. The van der Waals surface area contributed by atoms with Crippen molar-refractivity contribution in [1.82, 2.24) is 15.6 Å². The lowest BCUT2D eigenvalue weighted by molar-refractivity contribution is -0.128. The minimum absolute atomic E-state index is 0.0289. The molecule has 0 radical (unpaired) electrons. The summed E-state index contributed by atoms with van der Waals surface area (Å²) < 4.78 is 20.2. The number of thiazole rings is 1. The number of rotatable bonds is 10. The highest BCUT2D eigenvalue weighted by Crippen LogP contribution is 2.37. The van der Waals surface area contributed by atoms with Crippen LogP contribution in [0.25, 0.3) is 0 Å². The third kappa shape index (κ3) is 8.46. The Bertz CT molecular complexity index is 972. The van der Waals surface area contributed by atoms with Crippen molar-refractivity contribution in [1.29, 1.82) is 0 Å². The number of nitrogens with one attached hydrogen (secondary N) is 2. The van der Waals surface area contributed by atoms with E-state index in [1.54, 1.807) is 6.92 Å². The molecule has 2 aromatic rings. The van der Waals surface area contributed by atoms with Gasteiger partial charge in [0.2, 0.25) is 11.8 Å². The summed E-state index contributed by atoms with van der Waals surface area (Å²) in [5, 5.41) is 7.26. The summed E-state index contributed by atoms with van der Waals surface area (Å²) in [7, 11) is -4.67. The lowest BCUT2D eigenvalue weighted by atomic mass is 10.0. The van der Waals surface area contributed by atoms with Crippen molar-refractivity contribution in [2.75, 3.05) is 6.61 Å². The van der Waals surface area contributed by atoms with Gasteiger partial charge in [-0.05, 0) is 24.6 Å². The number of benzene rings is 1. The SMILES string of the molecule is CCOC(=O)c1csc(CNC(=O)C(Cc2ccc(OP(=O)(O)O)cc2)NC(C)=O)n1. The minimum atomic E-state index is -4.67. The molecular formula is C18H22N3O8PS. The van der Waals surface area contributed by atoms with Crippen molar-refractivity contribution in [2.45, 2.75) is 32.9 Å². The molecule has 13 heteroatoms. The summed E-state index contributed by atoms with van der Waals surface area (Å²) in [6.07, 6.45) is 0.132. The Morgan fingerprint density at radius 3 is 2.48 bits per heavy atom. The van der Waals surface area contributed by atoms with Crippen LogP contribution in [0.1, 0.15) is 34.9 Å². The van der Waals surface area contributed by atoms with E-state index < -0.39 is 31.6 Å². The number of carbonyl (C=O) groups is 3. The number of carbonyl (C=O) groups excluding carboxylic acids is 3. The highest BCUT2D eigenvalue weighted by molar-refractivity contribution is 7.46. The largest absolute Gasteiger partial charge is 0.524 e. The van der Waals surface area contributed by atoms with Gasteiger partial charge in [0.1, 0.15) is 16.8 Å². The number of aromatic nitrogens is 1. The van der Waals surface area contributed by atoms with Gasteiger partial charge in [-0.25, -0.2) is 14.3 Å². The number of nitrogens with zero attached hydrogens (tertiary/aromatic N) is 1. The molecule has 2 rings (SSSR count). The average molecular weight is 471 g/mol. The lowest BCUT2D eigenvalue weighted by Gasteiger charge is -2.17. The van der Waals surface area contributed by atoms with E-state index in [1.165, 1.54) is 47.9 Å². The number of hydrogen-bond donors (Lipinski definition) is 4. The van der Waals surface area contributed by atoms with E-state index in [0.717, 1.165) is 0 Å². The summed E-state index contributed by atoms with van der Waals surface area (Å²) in [4.78, 5) is 57.5. The second kappa shape index (κ2) is 11.0. The number of hydrogen-bond acceptors (Lipinski definition) is 8. The number of phosphoric ester groups is 1. The second-order valence-corrected chi connectivity index (χ2v) is 8.35. The molecular weight excluding hydrogens is 449 g/mol. The van der Waals surface area contributed by atoms with Crippen molar-refractivity contribution in [2.24, 2.45) is 0 Å². The fourth-order valence-corrected chi connectivity index (χ4v) is 3.59. The average Bonchev–Trinajstić information content (AvgIpc) is 3.15. The predicted molar refractivity (Wildman–Crippen MR) is 110 cm³/mol. The molecule has 1 aromatic heterocycles. The molecule has 0 saturated heterocycles. The Morgan fingerprint density at radius 1 is 1.23 bits per heavy atom. The van der Waals surface area contributed by atoms with Crippen molar-refractivity contribution >= 4 is 36.9 Å². The Morgan fingerprint density at radius 2 is 1.90 bits per heavy atom. The predicted octanol–water partition coefficient (Wildman–Crippen LogP) is 1.15. The van der Waals surface area contributed by atoms with Crippen molar-refractivity contribution in [3.63, 3.8) is 0 Å². The van der Waals surface area contributed by atoms with E-state index in [2.05, 4.69) is 20.1 Å². The van der Waals surface area contributed by atoms with Crippen LogP contribution in [-0.2, 0) is 31.9 Å². The molecule has 1 aromatic carbocycles. The summed E-state index contributed by atoms with van der Waals surface area (Å²) in [6.45, 7) is 3.26. The van der Waals surface area contributed by atoms with E-state index in [-0.39, 0.29) is 31.0 Å². The monoisotopic (exact) mass is 471 g/mol. The molecule has 168 valence electrons. The molecule has 0 aliphatic heterocycles. The second-order valence-electron chi connectivity index (χ2n) is 6.25. The smallest absolute Gasteiger partial charge is 0.461 e. The molecule has 1 heterocycles. The summed E-state index contributed by atoms with van der Waals surface area (Å²) in [6, 6.07) is 4.86. The first kappa shape index (κ1) is 24.5. The number of amides is 2. The van der Waals surface area contributed by atoms with Gasteiger partial charge >= 0.3 is 13.8 Å². The van der Waals surface area contributed by atoms with Crippen LogP contribution >= 0.6 is 19.2 Å². The van der Waals surface area contributed by atoms with Crippen molar-refractivity contribution in [3.8, 4) is 5.75 Å². The maximum Gasteiger partial charge on any atom is 0.524 e. The fraction of sp³-hybridized carbons (Fsp3) is 0.333. The van der Waals surface area contributed by atoms with Crippen LogP contribution in [0.2, 0.25) is 0 Å². The topological polar surface area (TPSA) is 164 Å². The maximum absolute atomic E-state index is 12.6. The molecule has 11 nitrogen and oxygen atoms in total. The zero-order valence-corrected chi connectivity index (χ0v) is 18.4. The molecule has 1 unspecified atom stereocenters. The van der Waals surface area contributed by atoms with Crippen LogP contribution in [0.4, 0.5) is 0 Å². The van der Waals surface area contributed by atoms with Gasteiger partial charge in [0.25, 0.3) is 0 Å². The standard InChI is InChI=1S/C18H22N3O8PS/c1-3-28-18(24)15-10-31-16(21-15)9-19-17(23)14(20-11(2)22)8-12-4-6-13(7-5-12)29-30(25,26)27/h4-7,10,14H,3,8-9H2,1-2H3,(H,19,23)(H,20,22)(H2,25,26,27). The normalized spacial score (nSPS) is 12.0. The molecule has 0 saturated carbocycles. The van der Waals surface area contributed by atoms with Crippen LogP contribution in [0.15, 0.2) is 29.6 Å². The molecule has 1 atom stereocenters. The summed E-state index contributed by atoms with van der Waals surface area (Å²) >= 11 is 1.19. The molecule has 0 aliphatic carbocycles. The van der Waals surface area contributed by atoms with E-state index in [1.807, 2.05) is 0 Å². The molecule has 4 N–H and O–H groups in total. The van der Waals surface area contributed by atoms with E-state index in [0.29, 0.717) is 10.6 Å². The zero-order chi connectivity index (χ0) is 23.0. The molecule has 31 heavy (non-hydrogen) atoms. The Kier molecular flexibility index (Phi) is 8.69. The quantitative estimate of drug-likeness (QED) is 0.294. The van der Waals surface area contributed by atoms with Crippen LogP contribution in [0.5, 0.6) is 5.75 Å².